The monoisotopic (exact) mass is 332 g/mol. The molecule has 0 aliphatic heterocycles. The first kappa shape index (κ1) is 16.6. The smallest absolute Gasteiger partial charge is 0.255 e. The maximum atomic E-state index is 12.3. The summed E-state index contributed by atoms with van der Waals surface area (Å²) in [6, 6.07) is 24.9. The van der Waals surface area contributed by atoms with E-state index in [1.807, 2.05) is 48.5 Å². The van der Waals surface area contributed by atoms with Gasteiger partial charge in [0.1, 0.15) is 5.75 Å². The molecule has 3 rings (SSSR count). The van der Waals surface area contributed by atoms with Gasteiger partial charge in [0, 0.05) is 23.5 Å². The maximum absolute atomic E-state index is 12.3. The number of carbonyl (C=O) groups is 1. The SMILES string of the molecule is COc1cccc(C(=O)Nc2ccc(NCc3ccccc3)cc2)c1. The molecule has 0 aliphatic rings. The molecule has 4 nitrogen and oxygen atoms in total. The van der Waals surface area contributed by atoms with E-state index in [0.717, 1.165) is 17.9 Å². The molecule has 0 aromatic heterocycles. The van der Waals surface area contributed by atoms with Gasteiger partial charge in [-0.1, -0.05) is 36.4 Å². The fourth-order valence-electron chi connectivity index (χ4n) is 2.44. The number of rotatable bonds is 6. The van der Waals surface area contributed by atoms with Crippen LogP contribution in [0, 0.1) is 0 Å². The van der Waals surface area contributed by atoms with Gasteiger partial charge in [-0.05, 0) is 48.0 Å². The van der Waals surface area contributed by atoms with Crippen LogP contribution in [-0.4, -0.2) is 13.0 Å². The number of benzene rings is 3. The van der Waals surface area contributed by atoms with Crippen LogP contribution in [0.2, 0.25) is 0 Å². The highest BCUT2D eigenvalue weighted by Gasteiger charge is 2.07. The predicted molar refractivity (Wildman–Crippen MR) is 101 cm³/mol. The van der Waals surface area contributed by atoms with Crippen molar-refractivity contribution in [1.29, 1.82) is 0 Å². The molecule has 0 atom stereocenters. The van der Waals surface area contributed by atoms with Gasteiger partial charge in [-0.15, -0.1) is 0 Å². The first-order chi connectivity index (χ1) is 12.2. The average Bonchev–Trinajstić information content (AvgIpc) is 2.68. The number of anilines is 2. The zero-order chi connectivity index (χ0) is 17.5. The van der Waals surface area contributed by atoms with E-state index in [0.29, 0.717) is 11.3 Å². The average molecular weight is 332 g/mol. The van der Waals surface area contributed by atoms with Crippen LogP contribution < -0.4 is 15.4 Å². The van der Waals surface area contributed by atoms with Gasteiger partial charge in [0.2, 0.25) is 0 Å². The van der Waals surface area contributed by atoms with Gasteiger partial charge in [0.05, 0.1) is 7.11 Å². The van der Waals surface area contributed by atoms with Crippen molar-refractivity contribution in [2.45, 2.75) is 6.54 Å². The lowest BCUT2D eigenvalue weighted by Gasteiger charge is -2.09. The van der Waals surface area contributed by atoms with Crippen LogP contribution in [0.1, 0.15) is 15.9 Å². The zero-order valence-corrected chi connectivity index (χ0v) is 14.0. The van der Waals surface area contributed by atoms with Gasteiger partial charge in [0.25, 0.3) is 5.91 Å². The van der Waals surface area contributed by atoms with Crippen LogP contribution in [0.3, 0.4) is 0 Å². The summed E-state index contributed by atoms with van der Waals surface area (Å²) in [7, 11) is 1.58. The van der Waals surface area contributed by atoms with Crippen LogP contribution in [0.25, 0.3) is 0 Å². The van der Waals surface area contributed by atoms with E-state index in [4.69, 9.17) is 4.74 Å². The van der Waals surface area contributed by atoms with E-state index in [1.54, 1.807) is 25.3 Å². The molecule has 4 heteroatoms. The van der Waals surface area contributed by atoms with Gasteiger partial charge in [0.15, 0.2) is 0 Å². The van der Waals surface area contributed by atoms with Gasteiger partial charge >= 0.3 is 0 Å². The second kappa shape index (κ2) is 8.02. The maximum Gasteiger partial charge on any atom is 0.255 e. The highest BCUT2D eigenvalue weighted by Crippen LogP contribution is 2.17. The van der Waals surface area contributed by atoms with E-state index >= 15 is 0 Å². The minimum absolute atomic E-state index is 0.163. The van der Waals surface area contributed by atoms with E-state index < -0.39 is 0 Å². The zero-order valence-electron chi connectivity index (χ0n) is 14.0. The number of carbonyl (C=O) groups excluding carboxylic acids is 1. The number of methoxy groups -OCH3 is 1. The highest BCUT2D eigenvalue weighted by atomic mass is 16.5. The molecule has 0 bridgehead atoms. The van der Waals surface area contributed by atoms with Crippen molar-refractivity contribution < 1.29 is 9.53 Å². The Morgan fingerprint density at radius 2 is 1.60 bits per heavy atom. The number of ether oxygens (including phenoxy) is 1. The third kappa shape index (κ3) is 4.61. The molecule has 25 heavy (non-hydrogen) atoms. The van der Waals surface area contributed by atoms with E-state index in [2.05, 4.69) is 22.8 Å². The molecule has 1 amide bonds. The minimum atomic E-state index is -0.163. The Hall–Kier alpha value is -3.27. The summed E-state index contributed by atoms with van der Waals surface area (Å²) < 4.78 is 5.15. The van der Waals surface area contributed by atoms with Crippen LogP contribution in [0.15, 0.2) is 78.9 Å². The highest BCUT2D eigenvalue weighted by molar-refractivity contribution is 6.04. The summed E-state index contributed by atoms with van der Waals surface area (Å²) in [6.07, 6.45) is 0. The van der Waals surface area contributed by atoms with Gasteiger partial charge in [-0.2, -0.15) is 0 Å². The number of nitrogens with one attached hydrogen (secondary N) is 2. The van der Waals surface area contributed by atoms with Crippen LogP contribution in [-0.2, 0) is 6.54 Å². The summed E-state index contributed by atoms with van der Waals surface area (Å²) in [5, 5.41) is 6.25. The first-order valence-corrected chi connectivity index (χ1v) is 8.08. The quantitative estimate of drug-likeness (QED) is 0.696. The molecule has 0 saturated carbocycles. The summed E-state index contributed by atoms with van der Waals surface area (Å²) in [5.41, 5.74) is 3.53. The molecule has 0 radical (unpaired) electrons. The molecule has 0 fully saturated rings. The van der Waals surface area contributed by atoms with Gasteiger partial charge in [-0.3, -0.25) is 4.79 Å². The lowest BCUT2D eigenvalue weighted by molar-refractivity contribution is 0.102. The van der Waals surface area contributed by atoms with Crippen molar-refractivity contribution in [3.8, 4) is 5.75 Å². The summed E-state index contributed by atoms with van der Waals surface area (Å²) in [6.45, 7) is 0.760. The van der Waals surface area contributed by atoms with Gasteiger partial charge < -0.3 is 15.4 Å². The fraction of sp³-hybridized carbons (Fsp3) is 0.0952. The Bertz CT molecular complexity index is 830. The molecular formula is C21H20N2O2. The molecule has 0 heterocycles. The van der Waals surface area contributed by atoms with Crippen molar-refractivity contribution in [3.63, 3.8) is 0 Å². The van der Waals surface area contributed by atoms with E-state index in [9.17, 15) is 4.79 Å². The fourth-order valence-corrected chi connectivity index (χ4v) is 2.44. The second-order valence-electron chi connectivity index (χ2n) is 5.60. The molecule has 0 saturated heterocycles. The molecular weight excluding hydrogens is 312 g/mol. The van der Waals surface area contributed by atoms with Crippen molar-refractivity contribution in [2.24, 2.45) is 0 Å². The predicted octanol–water partition coefficient (Wildman–Crippen LogP) is 4.56. The summed E-state index contributed by atoms with van der Waals surface area (Å²) in [5.74, 6) is 0.497. The van der Waals surface area contributed by atoms with Crippen LogP contribution in [0.4, 0.5) is 11.4 Å². The largest absolute Gasteiger partial charge is 0.497 e. The third-order valence-corrected chi connectivity index (χ3v) is 3.81. The van der Waals surface area contributed by atoms with E-state index in [-0.39, 0.29) is 5.91 Å². The lowest BCUT2D eigenvalue weighted by atomic mass is 10.2. The normalized spacial score (nSPS) is 10.1. The Morgan fingerprint density at radius 3 is 2.32 bits per heavy atom. The second-order valence-corrected chi connectivity index (χ2v) is 5.60. The molecule has 0 spiro atoms. The van der Waals surface area contributed by atoms with Crippen molar-refractivity contribution in [3.05, 3.63) is 90.0 Å². The Balaban J connectivity index is 1.59. The molecule has 3 aromatic carbocycles. The van der Waals surface area contributed by atoms with Crippen molar-refractivity contribution in [2.75, 3.05) is 17.7 Å². The summed E-state index contributed by atoms with van der Waals surface area (Å²) in [4.78, 5) is 12.3. The number of hydrogen-bond donors (Lipinski definition) is 2. The first-order valence-electron chi connectivity index (χ1n) is 8.08. The standard InChI is InChI=1S/C21H20N2O2/c1-25-20-9-5-8-17(14-20)21(24)23-19-12-10-18(11-13-19)22-15-16-6-3-2-4-7-16/h2-14,22H,15H2,1H3,(H,23,24). The minimum Gasteiger partial charge on any atom is -0.497 e. The number of hydrogen-bond acceptors (Lipinski definition) is 3. The van der Waals surface area contributed by atoms with Gasteiger partial charge in [-0.25, -0.2) is 0 Å². The Labute approximate surface area is 147 Å². The third-order valence-electron chi connectivity index (χ3n) is 3.81. The summed E-state index contributed by atoms with van der Waals surface area (Å²) >= 11 is 0. The van der Waals surface area contributed by atoms with Crippen LogP contribution >= 0.6 is 0 Å². The molecule has 2 N–H and O–H groups in total. The van der Waals surface area contributed by atoms with Crippen molar-refractivity contribution >= 4 is 17.3 Å². The van der Waals surface area contributed by atoms with Crippen LogP contribution in [0.5, 0.6) is 5.75 Å². The van der Waals surface area contributed by atoms with Crippen molar-refractivity contribution in [1.82, 2.24) is 0 Å². The molecule has 126 valence electrons. The van der Waals surface area contributed by atoms with E-state index in [1.165, 1.54) is 5.56 Å². The lowest BCUT2D eigenvalue weighted by Crippen LogP contribution is -2.11. The Kier molecular flexibility index (Phi) is 5.32. The Morgan fingerprint density at radius 1 is 0.880 bits per heavy atom. The molecule has 0 aliphatic carbocycles. The topological polar surface area (TPSA) is 50.4 Å². The molecule has 0 unspecified atom stereocenters. The molecule has 3 aromatic rings. The number of amides is 1.